The van der Waals surface area contributed by atoms with Gasteiger partial charge in [0.15, 0.2) is 11.5 Å². The monoisotopic (exact) mass is 401 g/mol. The second-order valence-corrected chi connectivity index (χ2v) is 7.60. The molecule has 2 aromatic carbocycles. The Balaban J connectivity index is 2.15. The molecule has 0 radical (unpaired) electrons. The highest BCUT2D eigenvalue weighted by atomic mass is 35.5. The average molecular weight is 402 g/mol. The van der Waals surface area contributed by atoms with E-state index in [9.17, 15) is 4.79 Å². The lowest BCUT2D eigenvalue weighted by Crippen LogP contribution is -2.43. The molecular formula is C23H28ClNO3. The standard InChI is InChI=1S/C23H28ClNO3/c1-5-15(6-2)23(26)25-11-10-16-13-20(27-3)21(28-4)14-19(16)22(25)17-8-7-9-18(24)12-17/h7-9,12-15,22H,5-6,10-11H2,1-4H3/t22-/m1/s1. The molecule has 2 aromatic rings. The van der Waals surface area contributed by atoms with Crippen molar-refractivity contribution in [2.24, 2.45) is 5.92 Å². The molecule has 0 spiro atoms. The van der Waals surface area contributed by atoms with E-state index in [4.69, 9.17) is 21.1 Å². The Morgan fingerprint density at radius 2 is 1.82 bits per heavy atom. The van der Waals surface area contributed by atoms with Crippen LogP contribution >= 0.6 is 11.6 Å². The van der Waals surface area contributed by atoms with Crippen LogP contribution in [0.15, 0.2) is 36.4 Å². The molecular weight excluding hydrogens is 374 g/mol. The molecule has 0 unspecified atom stereocenters. The SMILES string of the molecule is CCC(CC)C(=O)N1CCc2cc(OC)c(OC)cc2[C@H]1c1cccc(Cl)c1. The van der Waals surface area contributed by atoms with Crippen molar-refractivity contribution in [3.8, 4) is 11.5 Å². The molecule has 1 heterocycles. The summed E-state index contributed by atoms with van der Waals surface area (Å²) in [7, 11) is 3.28. The average Bonchev–Trinajstić information content (AvgIpc) is 2.72. The molecule has 5 heteroatoms. The smallest absolute Gasteiger partial charge is 0.226 e. The third-order valence-corrected chi connectivity index (χ3v) is 5.89. The Kier molecular flexibility index (Phi) is 6.50. The van der Waals surface area contributed by atoms with Crippen molar-refractivity contribution in [2.45, 2.75) is 39.2 Å². The Hall–Kier alpha value is -2.20. The van der Waals surface area contributed by atoms with E-state index < -0.39 is 0 Å². The van der Waals surface area contributed by atoms with Gasteiger partial charge in [-0.2, -0.15) is 0 Å². The number of amides is 1. The fourth-order valence-electron chi connectivity index (χ4n) is 4.09. The zero-order valence-electron chi connectivity index (χ0n) is 17.0. The maximum Gasteiger partial charge on any atom is 0.226 e. The topological polar surface area (TPSA) is 38.8 Å². The lowest BCUT2D eigenvalue weighted by molar-refractivity contribution is -0.137. The zero-order chi connectivity index (χ0) is 20.3. The second kappa shape index (κ2) is 8.87. The number of carbonyl (C=O) groups excluding carboxylic acids is 1. The quantitative estimate of drug-likeness (QED) is 0.662. The van der Waals surface area contributed by atoms with Crippen molar-refractivity contribution in [2.75, 3.05) is 20.8 Å². The highest BCUT2D eigenvalue weighted by molar-refractivity contribution is 6.30. The van der Waals surface area contributed by atoms with Crippen LogP contribution in [-0.4, -0.2) is 31.6 Å². The van der Waals surface area contributed by atoms with E-state index in [0.29, 0.717) is 23.1 Å². The summed E-state index contributed by atoms with van der Waals surface area (Å²) in [6, 6.07) is 11.6. The highest BCUT2D eigenvalue weighted by Crippen LogP contribution is 2.42. The third-order valence-electron chi connectivity index (χ3n) is 5.66. The van der Waals surface area contributed by atoms with Crippen molar-refractivity contribution in [3.63, 3.8) is 0 Å². The first-order chi connectivity index (χ1) is 13.5. The maximum atomic E-state index is 13.4. The van der Waals surface area contributed by atoms with E-state index in [1.54, 1.807) is 14.2 Å². The normalized spacial score (nSPS) is 16.1. The van der Waals surface area contributed by atoms with Crippen molar-refractivity contribution in [1.82, 2.24) is 4.90 Å². The number of methoxy groups -OCH3 is 2. The fraction of sp³-hybridized carbons (Fsp3) is 0.435. The fourth-order valence-corrected chi connectivity index (χ4v) is 4.29. The van der Waals surface area contributed by atoms with E-state index in [2.05, 4.69) is 13.8 Å². The zero-order valence-corrected chi connectivity index (χ0v) is 17.8. The Labute approximate surface area is 172 Å². The van der Waals surface area contributed by atoms with Gasteiger partial charge in [-0.1, -0.05) is 37.6 Å². The van der Waals surface area contributed by atoms with E-state index >= 15 is 0 Å². The minimum absolute atomic E-state index is 0.0309. The Morgan fingerprint density at radius 1 is 1.14 bits per heavy atom. The molecule has 0 aromatic heterocycles. The minimum Gasteiger partial charge on any atom is -0.493 e. The van der Waals surface area contributed by atoms with Crippen molar-refractivity contribution in [1.29, 1.82) is 0 Å². The van der Waals surface area contributed by atoms with Gasteiger partial charge in [0.25, 0.3) is 0 Å². The van der Waals surface area contributed by atoms with E-state index in [-0.39, 0.29) is 17.9 Å². The van der Waals surface area contributed by atoms with Gasteiger partial charge in [0.1, 0.15) is 0 Å². The summed E-state index contributed by atoms with van der Waals surface area (Å²) in [5.74, 6) is 1.62. The summed E-state index contributed by atoms with van der Waals surface area (Å²) < 4.78 is 11.0. The predicted octanol–water partition coefficient (Wildman–Crippen LogP) is 5.27. The molecule has 3 rings (SSSR count). The molecule has 0 aliphatic carbocycles. The number of hydrogen-bond donors (Lipinski definition) is 0. The van der Waals surface area contributed by atoms with Crippen LogP contribution in [0.1, 0.15) is 49.4 Å². The molecule has 150 valence electrons. The maximum absolute atomic E-state index is 13.4. The van der Waals surface area contributed by atoms with Gasteiger partial charge < -0.3 is 14.4 Å². The van der Waals surface area contributed by atoms with Gasteiger partial charge in [0.05, 0.1) is 20.3 Å². The number of ether oxygens (including phenoxy) is 2. The van der Waals surface area contributed by atoms with Gasteiger partial charge in [0.2, 0.25) is 5.91 Å². The van der Waals surface area contributed by atoms with Gasteiger partial charge in [0, 0.05) is 17.5 Å². The van der Waals surface area contributed by atoms with Gasteiger partial charge in [-0.15, -0.1) is 0 Å². The lowest BCUT2D eigenvalue weighted by atomic mass is 9.86. The molecule has 4 nitrogen and oxygen atoms in total. The van der Waals surface area contributed by atoms with E-state index in [0.717, 1.165) is 30.4 Å². The first kappa shape index (κ1) is 20.5. The highest BCUT2D eigenvalue weighted by Gasteiger charge is 2.35. The molecule has 0 fully saturated rings. The number of hydrogen-bond acceptors (Lipinski definition) is 3. The van der Waals surface area contributed by atoms with E-state index in [1.165, 1.54) is 5.56 Å². The molecule has 1 atom stereocenters. The number of halogens is 1. The summed E-state index contributed by atoms with van der Waals surface area (Å²) in [6.45, 7) is 4.83. The lowest BCUT2D eigenvalue weighted by Gasteiger charge is -2.39. The molecule has 0 N–H and O–H groups in total. The number of nitrogens with zero attached hydrogens (tertiary/aromatic N) is 1. The van der Waals surface area contributed by atoms with Gasteiger partial charge in [-0.05, 0) is 60.2 Å². The van der Waals surface area contributed by atoms with Crippen LogP contribution in [0.25, 0.3) is 0 Å². The predicted molar refractivity (Wildman–Crippen MR) is 112 cm³/mol. The molecule has 1 amide bonds. The van der Waals surface area contributed by atoms with Crippen LogP contribution in [0.2, 0.25) is 5.02 Å². The summed E-state index contributed by atoms with van der Waals surface area (Å²) in [6.07, 6.45) is 2.47. The van der Waals surface area contributed by atoms with Crippen LogP contribution < -0.4 is 9.47 Å². The molecule has 0 saturated heterocycles. The summed E-state index contributed by atoms with van der Waals surface area (Å²) in [4.78, 5) is 15.4. The number of benzene rings is 2. The Morgan fingerprint density at radius 3 is 2.43 bits per heavy atom. The number of rotatable bonds is 6. The molecule has 0 saturated carbocycles. The number of carbonyl (C=O) groups is 1. The van der Waals surface area contributed by atoms with Gasteiger partial charge in [-0.3, -0.25) is 4.79 Å². The van der Waals surface area contributed by atoms with Gasteiger partial charge >= 0.3 is 0 Å². The van der Waals surface area contributed by atoms with Crippen molar-refractivity contribution < 1.29 is 14.3 Å². The molecule has 0 bridgehead atoms. The van der Waals surface area contributed by atoms with E-state index in [1.807, 2.05) is 41.3 Å². The first-order valence-electron chi connectivity index (χ1n) is 9.84. The third kappa shape index (κ3) is 3.83. The van der Waals surface area contributed by atoms with Crippen molar-refractivity contribution >= 4 is 17.5 Å². The molecule has 1 aliphatic rings. The van der Waals surface area contributed by atoms with Crippen molar-refractivity contribution in [3.05, 3.63) is 58.1 Å². The summed E-state index contributed by atoms with van der Waals surface area (Å²) in [5, 5.41) is 0.667. The second-order valence-electron chi connectivity index (χ2n) is 7.16. The molecule has 1 aliphatic heterocycles. The molecule has 28 heavy (non-hydrogen) atoms. The summed E-state index contributed by atoms with van der Waals surface area (Å²) >= 11 is 6.29. The minimum atomic E-state index is -0.185. The number of fused-ring (bicyclic) bond motifs is 1. The van der Waals surface area contributed by atoms with Crippen LogP contribution in [0.5, 0.6) is 11.5 Å². The van der Waals surface area contributed by atoms with Crippen LogP contribution in [0.4, 0.5) is 0 Å². The largest absolute Gasteiger partial charge is 0.493 e. The first-order valence-corrected chi connectivity index (χ1v) is 10.2. The van der Waals surface area contributed by atoms with Crippen LogP contribution in [0.3, 0.4) is 0 Å². The van der Waals surface area contributed by atoms with Crippen LogP contribution in [-0.2, 0) is 11.2 Å². The summed E-state index contributed by atoms with van der Waals surface area (Å²) in [5.41, 5.74) is 3.27. The Bertz CT molecular complexity index is 848. The van der Waals surface area contributed by atoms with Gasteiger partial charge in [-0.25, -0.2) is 0 Å². The van der Waals surface area contributed by atoms with Crippen LogP contribution in [0, 0.1) is 5.92 Å².